The zero-order chi connectivity index (χ0) is 8.69. The van der Waals surface area contributed by atoms with E-state index < -0.39 is 5.97 Å². The van der Waals surface area contributed by atoms with Crippen LogP contribution in [0.4, 0.5) is 0 Å². The third-order valence-electron chi connectivity index (χ3n) is 1.31. The van der Waals surface area contributed by atoms with Crippen molar-refractivity contribution in [2.24, 2.45) is 0 Å². The highest BCUT2D eigenvalue weighted by Gasteiger charge is 2.18. The summed E-state index contributed by atoms with van der Waals surface area (Å²) in [6, 6.07) is 0. The Labute approximate surface area is 65.8 Å². The van der Waals surface area contributed by atoms with Gasteiger partial charge in [0, 0.05) is 0 Å². The number of ether oxygens (including phenoxy) is 1. The maximum Gasteiger partial charge on any atom is 0.416 e. The molecule has 0 aliphatic rings. The van der Waals surface area contributed by atoms with Crippen LogP contribution in [0.15, 0.2) is 0 Å². The molecular weight excluding hydrogens is 144 g/mol. The van der Waals surface area contributed by atoms with Crippen molar-refractivity contribution in [1.82, 2.24) is 0 Å². The molecule has 4 heteroatoms. The van der Waals surface area contributed by atoms with E-state index >= 15 is 0 Å². The largest absolute Gasteiger partial charge is 0.460 e. The molecule has 0 bridgehead atoms. The molecule has 62 valence electrons. The van der Waals surface area contributed by atoms with Crippen LogP contribution in [0.1, 0.15) is 26.2 Å². The van der Waals surface area contributed by atoms with Crippen LogP contribution in [0.25, 0.3) is 5.53 Å². The molecular formula is C7H12N2O2. The third kappa shape index (κ3) is 3.53. The molecule has 0 rings (SSSR count). The highest BCUT2D eigenvalue weighted by atomic mass is 16.5. The fourth-order valence-electron chi connectivity index (χ4n) is 0.655. The number of hydrogen-bond donors (Lipinski definition) is 0. The summed E-state index contributed by atoms with van der Waals surface area (Å²) in [5.41, 5.74) is 8.43. The van der Waals surface area contributed by atoms with E-state index in [2.05, 4.69) is 9.53 Å². The van der Waals surface area contributed by atoms with Crippen LogP contribution >= 0.6 is 0 Å². The molecule has 0 aromatic carbocycles. The van der Waals surface area contributed by atoms with E-state index in [1.54, 1.807) is 0 Å². The minimum Gasteiger partial charge on any atom is -0.460 e. The Kier molecular flexibility index (Phi) is 5.03. The molecule has 0 saturated carbocycles. The SMILES string of the molecule is CCCCC(=[N+]=[N-])C(=O)OC. The molecule has 0 aromatic rings. The second-order valence-electron chi connectivity index (χ2n) is 2.14. The number of hydrogen-bond acceptors (Lipinski definition) is 2. The molecule has 0 unspecified atom stereocenters. The molecule has 0 amide bonds. The van der Waals surface area contributed by atoms with Crippen molar-refractivity contribution in [3.8, 4) is 0 Å². The molecule has 0 aliphatic carbocycles. The van der Waals surface area contributed by atoms with E-state index in [1.807, 2.05) is 6.92 Å². The maximum absolute atomic E-state index is 10.7. The molecule has 0 atom stereocenters. The van der Waals surface area contributed by atoms with Gasteiger partial charge < -0.3 is 10.3 Å². The smallest absolute Gasteiger partial charge is 0.416 e. The summed E-state index contributed by atoms with van der Waals surface area (Å²) in [6.07, 6.45) is 2.25. The van der Waals surface area contributed by atoms with Gasteiger partial charge in [-0.15, -0.1) is 0 Å². The van der Waals surface area contributed by atoms with E-state index in [1.165, 1.54) is 7.11 Å². The summed E-state index contributed by atoms with van der Waals surface area (Å²) in [4.78, 5) is 13.6. The standard InChI is InChI=1S/C7H12N2O2/c1-3-4-5-6(9-8)7(10)11-2/h3-5H2,1-2H3. The summed E-state index contributed by atoms with van der Waals surface area (Å²) < 4.78 is 4.37. The van der Waals surface area contributed by atoms with Crippen LogP contribution in [0.5, 0.6) is 0 Å². The number of esters is 1. The first kappa shape index (κ1) is 9.85. The van der Waals surface area contributed by atoms with Gasteiger partial charge in [0.2, 0.25) is 0 Å². The van der Waals surface area contributed by atoms with Crippen molar-refractivity contribution in [2.75, 3.05) is 7.11 Å². The number of methoxy groups -OCH3 is 1. The first-order chi connectivity index (χ1) is 5.26. The Hall–Kier alpha value is -1.15. The van der Waals surface area contributed by atoms with E-state index in [0.29, 0.717) is 6.42 Å². The normalized spacial score (nSPS) is 8.55. The topological polar surface area (TPSA) is 62.7 Å². The van der Waals surface area contributed by atoms with Gasteiger partial charge in [-0.1, -0.05) is 13.3 Å². The van der Waals surface area contributed by atoms with Crippen LogP contribution < -0.4 is 0 Å². The average molecular weight is 156 g/mol. The maximum atomic E-state index is 10.7. The summed E-state index contributed by atoms with van der Waals surface area (Å²) in [6.45, 7) is 1.99. The second kappa shape index (κ2) is 5.62. The fraction of sp³-hybridized carbons (Fsp3) is 0.714. The minimum atomic E-state index is -0.555. The molecule has 0 N–H and O–H groups in total. The highest BCUT2D eigenvalue weighted by molar-refractivity contribution is 6.33. The minimum absolute atomic E-state index is 0.0920. The number of carbonyl (C=O) groups excluding carboxylic acids is 1. The number of unbranched alkanes of at least 4 members (excludes halogenated alkanes) is 1. The van der Waals surface area contributed by atoms with Crippen LogP contribution in [0.3, 0.4) is 0 Å². The molecule has 0 aliphatic heterocycles. The summed E-state index contributed by atoms with van der Waals surface area (Å²) in [7, 11) is 1.26. The van der Waals surface area contributed by atoms with E-state index in [9.17, 15) is 4.79 Å². The Balaban J connectivity index is 3.98. The summed E-state index contributed by atoms with van der Waals surface area (Å²) >= 11 is 0. The van der Waals surface area contributed by atoms with Gasteiger partial charge in [0.15, 0.2) is 0 Å². The molecule has 0 saturated heterocycles. The van der Waals surface area contributed by atoms with Crippen molar-refractivity contribution < 1.29 is 14.3 Å². The molecule has 0 heterocycles. The van der Waals surface area contributed by atoms with Crippen LogP contribution in [-0.4, -0.2) is 23.6 Å². The van der Waals surface area contributed by atoms with Crippen LogP contribution in [0, 0.1) is 0 Å². The van der Waals surface area contributed by atoms with Crippen LogP contribution in [-0.2, 0) is 9.53 Å². The molecule has 11 heavy (non-hydrogen) atoms. The van der Waals surface area contributed by atoms with Crippen molar-refractivity contribution in [2.45, 2.75) is 26.2 Å². The van der Waals surface area contributed by atoms with E-state index in [0.717, 1.165) is 12.8 Å². The van der Waals surface area contributed by atoms with E-state index in [4.69, 9.17) is 5.53 Å². The molecule has 0 aromatic heterocycles. The van der Waals surface area contributed by atoms with Crippen LogP contribution in [0.2, 0.25) is 0 Å². The van der Waals surface area contributed by atoms with Gasteiger partial charge in [0.05, 0.1) is 13.5 Å². The number of carbonyl (C=O) groups is 1. The monoisotopic (exact) mass is 156 g/mol. The van der Waals surface area contributed by atoms with Gasteiger partial charge in [-0.2, -0.15) is 4.79 Å². The predicted molar refractivity (Wildman–Crippen MR) is 40.2 cm³/mol. The lowest BCUT2D eigenvalue weighted by atomic mass is 10.2. The third-order valence-corrected chi connectivity index (χ3v) is 1.31. The first-order valence-electron chi connectivity index (χ1n) is 3.55. The number of nitrogens with zero attached hydrogens (tertiary/aromatic N) is 2. The zero-order valence-corrected chi connectivity index (χ0v) is 6.83. The predicted octanol–water partition coefficient (Wildman–Crippen LogP) is 1.02. The van der Waals surface area contributed by atoms with Gasteiger partial charge >= 0.3 is 11.7 Å². The van der Waals surface area contributed by atoms with Gasteiger partial charge in [-0.25, -0.2) is 4.79 Å². The quantitative estimate of drug-likeness (QED) is 0.264. The molecule has 0 spiro atoms. The zero-order valence-electron chi connectivity index (χ0n) is 6.83. The first-order valence-corrected chi connectivity index (χ1v) is 3.55. The molecule has 4 nitrogen and oxygen atoms in total. The Bertz CT molecular complexity index is 183. The van der Waals surface area contributed by atoms with Gasteiger partial charge in [-0.3, -0.25) is 0 Å². The highest BCUT2D eigenvalue weighted by Crippen LogP contribution is 1.95. The Morgan fingerprint density at radius 2 is 2.27 bits per heavy atom. The molecule has 0 radical (unpaired) electrons. The Morgan fingerprint density at radius 1 is 1.64 bits per heavy atom. The van der Waals surface area contributed by atoms with Crippen molar-refractivity contribution >= 4 is 11.7 Å². The van der Waals surface area contributed by atoms with Gasteiger partial charge in [0.25, 0.3) is 0 Å². The lowest BCUT2D eigenvalue weighted by Crippen LogP contribution is -2.16. The van der Waals surface area contributed by atoms with Crippen molar-refractivity contribution in [3.05, 3.63) is 5.53 Å². The van der Waals surface area contributed by atoms with Gasteiger partial charge in [0.1, 0.15) is 0 Å². The summed E-state index contributed by atoms with van der Waals surface area (Å²) in [5.74, 6) is -0.555. The number of rotatable bonds is 4. The average Bonchev–Trinajstić information content (AvgIpc) is 2.05. The fourth-order valence-corrected chi connectivity index (χ4v) is 0.655. The lowest BCUT2D eigenvalue weighted by Gasteiger charge is -1.91. The van der Waals surface area contributed by atoms with Crippen molar-refractivity contribution in [1.29, 1.82) is 0 Å². The van der Waals surface area contributed by atoms with Gasteiger partial charge in [-0.05, 0) is 6.42 Å². The second-order valence-corrected chi connectivity index (χ2v) is 2.14. The molecule has 0 fully saturated rings. The lowest BCUT2D eigenvalue weighted by molar-refractivity contribution is -0.137. The van der Waals surface area contributed by atoms with Crippen molar-refractivity contribution in [3.63, 3.8) is 0 Å². The Morgan fingerprint density at radius 3 is 2.64 bits per heavy atom. The summed E-state index contributed by atoms with van der Waals surface area (Å²) in [5, 5.41) is 0. The van der Waals surface area contributed by atoms with E-state index in [-0.39, 0.29) is 5.71 Å².